The summed E-state index contributed by atoms with van der Waals surface area (Å²) in [6.45, 7) is 3.28. The van der Waals surface area contributed by atoms with Crippen LogP contribution in [0.15, 0.2) is 41.1 Å². The summed E-state index contributed by atoms with van der Waals surface area (Å²) in [4.78, 5) is 0. The number of rotatable bonds is 6. The maximum Gasteiger partial charge on any atom is -0.00171 e. The molecule has 0 amide bonds. The minimum Gasteiger partial charge on any atom is -0.319 e. The minimum atomic E-state index is 0.672. The first-order chi connectivity index (χ1) is 8.79. The first-order valence-electron chi connectivity index (χ1n) is 6.49. The number of hydrogen-bond donors (Lipinski definition) is 1. The second-order valence-electron chi connectivity index (χ2n) is 4.89. The largest absolute Gasteiger partial charge is 0.319 e. The number of nitrogens with one attached hydrogen (secondary N) is 1. The quantitative estimate of drug-likeness (QED) is 0.834. The lowest BCUT2D eigenvalue weighted by Crippen LogP contribution is -2.22. The summed E-state index contributed by atoms with van der Waals surface area (Å²) in [5.41, 5.74) is 4.35. The van der Waals surface area contributed by atoms with E-state index < -0.39 is 0 Å². The third-order valence-corrected chi connectivity index (χ3v) is 4.10. The Kier molecular flexibility index (Phi) is 4.97. The van der Waals surface area contributed by atoms with Gasteiger partial charge in [0.25, 0.3) is 0 Å². The highest BCUT2D eigenvalue weighted by Gasteiger charge is 2.11. The van der Waals surface area contributed by atoms with E-state index in [2.05, 4.69) is 53.3 Å². The van der Waals surface area contributed by atoms with Gasteiger partial charge < -0.3 is 5.32 Å². The summed E-state index contributed by atoms with van der Waals surface area (Å²) in [5.74, 6) is 0.672. The lowest BCUT2D eigenvalue weighted by molar-refractivity contribution is 0.493. The molecular weight excluding hydrogens is 238 g/mol. The predicted molar refractivity (Wildman–Crippen MR) is 80.3 cm³/mol. The van der Waals surface area contributed by atoms with Gasteiger partial charge >= 0.3 is 0 Å². The maximum absolute atomic E-state index is 3.32. The third kappa shape index (κ3) is 3.69. The molecule has 2 rings (SSSR count). The van der Waals surface area contributed by atoms with Gasteiger partial charge in [-0.2, -0.15) is 11.3 Å². The molecule has 0 saturated heterocycles. The van der Waals surface area contributed by atoms with E-state index in [0.29, 0.717) is 5.92 Å². The zero-order valence-corrected chi connectivity index (χ0v) is 12.0. The molecule has 1 heterocycles. The summed E-state index contributed by atoms with van der Waals surface area (Å²) in [6.07, 6.45) is 2.32. The van der Waals surface area contributed by atoms with Crippen molar-refractivity contribution in [2.75, 3.05) is 13.6 Å². The van der Waals surface area contributed by atoms with Crippen LogP contribution in [-0.4, -0.2) is 13.6 Å². The highest BCUT2D eigenvalue weighted by molar-refractivity contribution is 7.07. The Hall–Kier alpha value is -1.12. The summed E-state index contributed by atoms with van der Waals surface area (Å²) in [6, 6.07) is 11.0. The number of thiophene rings is 1. The molecule has 1 aromatic carbocycles. The van der Waals surface area contributed by atoms with E-state index in [1.165, 1.54) is 23.1 Å². The van der Waals surface area contributed by atoms with Crippen LogP contribution in [0.25, 0.3) is 0 Å². The Balaban J connectivity index is 2.04. The lowest BCUT2D eigenvalue weighted by Gasteiger charge is -2.17. The van der Waals surface area contributed by atoms with Crippen LogP contribution in [0.3, 0.4) is 0 Å². The fraction of sp³-hybridized carbons (Fsp3) is 0.375. The van der Waals surface area contributed by atoms with Crippen molar-refractivity contribution < 1.29 is 0 Å². The highest BCUT2D eigenvalue weighted by atomic mass is 32.1. The topological polar surface area (TPSA) is 12.0 Å². The van der Waals surface area contributed by atoms with Crippen LogP contribution >= 0.6 is 11.3 Å². The van der Waals surface area contributed by atoms with Crippen molar-refractivity contribution in [3.05, 3.63) is 57.8 Å². The fourth-order valence-electron chi connectivity index (χ4n) is 2.40. The first-order valence-corrected chi connectivity index (χ1v) is 7.44. The molecule has 0 bridgehead atoms. The maximum atomic E-state index is 3.32. The standard InChI is InChI=1S/C16H21NS/c1-13-5-3-4-6-16(13)10-15(11-17-2)9-14-7-8-18-12-14/h3-8,12,15,17H,9-11H2,1-2H3. The minimum absolute atomic E-state index is 0.672. The summed E-state index contributed by atoms with van der Waals surface area (Å²) >= 11 is 1.79. The Bertz CT molecular complexity index is 462. The molecule has 0 fully saturated rings. The van der Waals surface area contributed by atoms with Gasteiger partial charge in [-0.1, -0.05) is 24.3 Å². The van der Waals surface area contributed by atoms with Gasteiger partial charge in [-0.25, -0.2) is 0 Å². The average Bonchev–Trinajstić information content (AvgIpc) is 2.85. The van der Waals surface area contributed by atoms with Crippen molar-refractivity contribution in [2.24, 2.45) is 5.92 Å². The normalized spacial score (nSPS) is 12.6. The Morgan fingerprint density at radius 2 is 2.00 bits per heavy atom. The van der Waals surface area contributed by atoms with E-state index in [4.69, 9.17) is 0 Å². The molecule has 1 aromatic heterocycles. The second-order valence-corrected chi connectivity index (χ2v) is 5.67. The summed E-state index contributed by atoms with van der Waals surface area (Å²) < 4.78 is 0. The van der Waals surface area contributed by atoms with E-state index in [-0.39, 0.29) is 0 Å². The van der Waals surface area contributed by atoms with E-state index in [1.807, 2.05) is 7.05 Å². The molecule has 1 nitrogen and oxygen atoms in total. The van der Waals surface area contributed by atoms with Crippen LogP contribution in [0.4, 0.5) is 0 Å². The zero-order chi connectivity index (χ0) is 12.8. The van der Waals surface area contributed by atoms with Gasteiger partial charge in [-0.3, -0.25) is 0 Å². The van der Waals surface area contributed by atoms with Gasteiger partial charge in [0.1, 0.15) is 0 Å². The van der Waals surface area contributed by atoms with Gasteiger partial charge in [0.05, 0.1) is 0 Å². The van der Waals surface area contributed by atoms with Gasteiger partial charge in [0.2, 0.25) is 0 Å². The molecule has 0 radical (unpaired) electrons. The Labute approximate surface area is 114 Å². The van der Waals surface area contributed by atoms with Crippen LogP contribution < -0.4 is 5.32 Å². The first kappa shape index (κ1) is 13.3. The van der Waals surface area contributed by atoms with Gasteiger partial charge in [-0.15, -0.1) is 0 Å². The van der Waals surface area contributed by atoms with Crippen LogP contribution in [-0.2, 0) is 12.8 Å². The van der Waals surface area contributed by atoms with Gasteiger partial charge in [0.15, 0.2) is 0 Å². The molecule has 1 atom stereocenters. The monoisotopic (exact) mass is 259 g/mol. The van der Waals surface area contributed by atoms with Crippen molar-refractivity contribution in [1.82, 2.24) is 5.32 Å². The molecule has 0 spiro atoms. The van der Waals surface area contributed by atoms with Gasteiger partial charge in [0, 0.05) is 0 Å². The van der Waals surface area contributed by atoms with Crippen LogP contribution in [0, 0.1) is 12.8 Å². The van der Waals surface area contributed by atoms with E-state index in [1.54, 1.807) is 11.3 Å². The molecule has 2 heteroatoms. The van der Waals surface area contributed by atoms with E-state index in [9.17, 15) is 0 Å². The second kappa shape index (κ2) is 6.72. The molecule has 1 unspecified atom stereocenters. The van der Waals surface area contributed by atoms with Crippen molar-refractivity contribution in [3.63, 3.8) is 0 Å². The Morgan fingerprint density at radius 3 is 2.67 bits per heavy atom. The number of benzene rings is 1. The molecule has 0 aliphatic rings. The smallest absolute Gasteiger partial charge is 0.00171 e. The van der Waals surface area contributed by atoms with Gasteiger partial charge in [-0.05, 0) is 72.8 Å². The summed E-state index contributed by atoms with van der Waals surface area (Å²) in [5, 5.41) is 7.75. The molecule has 0 aliphatic heterocycles. The van der Waals surface area contributed by atoms with Crippen LogP contribution in [0.2, 0.25) is 0 Å². The van der Waals surface area contributed by atoms with Crippen LogP contribution in [0.5, 0.6) is 0 Å². The average molecular weight is 259 g/mol. The highest BCUT2D eigenvalue weighted by Crippen LogP contribution is 2.18. The SMILES string of the molecule is CNCC(Cc1ccsc1)Cc1ccccc1C. The fourth-order valence-corrected chi connectivity index (χ4v) is 3.08. The molecule has 0 saturated carbocycles. The summed E-state index contributed by atoms with van der Waals surface area (Å²) in [7, 11) is 2.04. The Morgan fingerprint density at radius 1 is 1.17 bits per heavy atom. The zero-order valence-electron chi connectivity index (χ0n) is 11.1. The third-order valence-electron chi connectivity index (χ3n) is 3.37. The lowest BCUT2D eigenvalue weighted by atomic mass is 9.91. The van der Waals surface area contributed by atoms with Crippen molar-refractivity contribution >= 4 is 11.3 Å². The van der Waals surface area contributed by atoms with Crippen molar-refractivity contribution in [1.29, 1.82) is 0 Å². The molecule has 96 valence electrons. The molecule has 0 aliphatic carbocycles. The molecular formula is C16H21NS. The number of aryl methyl sites for hydroxylation is 1. The molecule has 1 N–H and O–H groups in total. The molecule has 2 aromatic rings. The molecule has 18 heavy (non-hydrogen) atoms. The van der Waals surface area contributed by atoms with E-state index >= 15 is 0 Å². The predicted octanol–water partition coefficient (Wildman–Crippen LogP) is 3.68. The van der Waals surface area contributed by atoms with Crippen molar-refractivity contribution in [2.45, 2.75) is 19.8 Å². The van der Waals surface area contributed by atoms with Crippen LogP contribution in [0.1, 0.15) is 16.7 Å². The number of hydrogen-bond acceptors (Lipinski definition) is 2. The van der Waals surface area contributed by atoms with Crippen molar-refractivity contribution in [3.8, 4) is 0 Å². The van der Waals surface area contributed by atoms with E-state index in [0.717, 1.165) is 13.0 Å².